The number of carbonyl (C=O) groups is 4. The van der Waals surface area contributed by atoms with Gasteiger partial charge in [0.1, 0.15) is 23.6 Å². The molecule has 1 aliphatic heterocycles. The van der Waals surface area contributed by atoms with Gasteiger partial charge in [-0.05, 0) is 55.3 Å². The van der Waals surface area contributed by atoms with Gasteiger partial charge in [0.2, 0.25) is 0 Å². The third kappa shape index (κ3) is 4.70. The van der Waals surface area contributed by atoms with Crippen LogP contribution in [0.4, 0.5) is 4.39 Å². The Hall–Kier alpha value is -2.73. The third-order valence-corrected chi connectivity index (χ3v) is 16.7. The first kappa shape index (κ1) is 34.6. The summed E-state index contributed by atoms with van der Waals surface area (Å²) in [6.45, 7) is 13.6. The van der Waals surface area contributed by atoms with Gasteiger partial charge in [-0.15, -0.1) is 0 Å². The molecule has 46 heavy (non-hydrogen) atoms. The number of benzene rings is 1. The van der Waals surface area contributed by atoms with Gasteiger partial charge >= 0.3 is 11.9 Å². The van der Waals surface area contributed by atoms with E-state index >= 15 is 9.18 Å². The molecule has 5 rings (SSSR count). The molecule has 3 fully saturated rings. The normalized spacial score (nSPS) is 36.9. The van der Waals surface area contributed by atoms with Crippen molar-refractivity contribution in [1.29, 1.82) is 0 Å². The van der Waals surface area contributed by atoms with E-state index in [2.05, 4.69) is 20.8 Å². The first-order valence-electron chi connectivity index (χ1n) is 16.4. The quantitative estimate of drug-likeness (QED) is 0.293. The second-order valence-electron chi connectivity index (χ2n) is 14.3. The number of halogens is 1. The number of rotatable bonds is 8. The molecule has 1 aromatic rings. The Balaban J connectivity index is 1.84. The van der Waals surface area contributed by atoms with Gasteiger partial charge in [0.15, 0.2) is 25.9 Å². The maximum atomic E-state index is 16.9. The van der Waals surface area contributed by atoms with E-state index in [1.54, 1.807) is 39.0 Å². The number of fused-ring (bicyclic) bond motifs is 5. The first-order valence-corrected chi connectivity index (χ1v) is 18.9. The van der Waals surface area contributed by atoms with Crippen LogP contribution in [0.2, 0.25) is 18.1 Å². The van der Waals surface area contributed by atoms with Crippen molar-refractivity contribution in [3.63, 3.8) is 0 Å². The van der Waals surface area contributed by atoms with Gasteiger partial charge < -0.3 is 23.7 Å². The molecule has 0 amide bonds. The number of ether oxygens (including phenoxy) is 3. The molecule has 3 aliphatic carbocycles. The van der Waals surface area contributed by atoms with Crippen molar-refractivity contribution in [2.75, 3.05) is 6.61 Å². The molecule has 2 bridgehead atoms. The van der Waals surface area contributed by atoms with Crippen LogP contribution in [0.15, 0.2) is 41.5 Å². The molecular weight excluding hydrogens is 611 g/mol. The Bertz CT molecular complexity index is 1450. The fourth-order valence-electron chi connectivity index (χ4n) is 8.83. The monoisotopic (exact) mass is 658 g/mol. The van der Waals surface area contributed by atoms with E-state index in [-0.39, 0.29) is 41.9 Å². The SMILES string of the molecule is CC[Si](CC)(CC)O[C@H]1C[C@H]2OC[C@@]2(OC(C)=O)[C@H]2[C@H](OC(=O)c3ccccc3)[C@]3(O)[C@@H](F)C(=O)C(C)=C(CC(=O)[C@]12C)C3(C)C. The summed E-state index contributed by atoms with van der Waals surface area (Å²) >= 11 is 0. The summed E-state index contributed by atoms with van der Waals surface area (Å²) in [7, 11) is -2.42. The van der Waals surface area contributed by atoms with Crippen LogP contribution in [0, 0.1) is 16.7 Å². The van der Waals surface area contributed by atoms with E-state index < -0.39 is 78.5 Å². The lowest BCUT2D eigenvalue weighted by molar-refractivity contribution is -0.344. The Morgan fingerprint density at radius 2 is 1.67 bits per heavy atom. The van der Waals surface area contributed by atoms with Crippen LogP contribution < -0.4 is 0 Å². The van der Waals surface area contributed by atoms with Crippen LogP contribution >= 0.6 is 0 Å². The lowest BCUT2D eigenvalue weighted by Crippen LogP contribution is -2.82. The van der Waals surface area contributed by atoms with Gasteiger partial charge in [0, 0.05) is 25.2 Å². The minimum atomic E-state index is -2.65. The Morgan fingerprint density at radius 1 is 1.07 bits per heavy atom. The zero-order valence-electron chi connectivity index (χ0n) is 28.1. The summed E-state index contributed by atoms with van der Waals surface area (Å²) < 4.78 is 42.3. The average Bonchev–Trinajstić information content (AvgIpc) is 3.02. The topological polar surface area (TPSA) is 125 Å². The first-order chi connectivity index (χ1) is 21.5. The van der Waals surface area contributed by atoms with Gasteiger partial charge in [-0.3, -0.25) is 14.4 Å². The lowest BCUT2D eigenvalue weighted by atomic mass is 9.45. The fourth-order valence-corrected chi connectivity index (χ4v) is 11.8. The molecule has 8 atom stereocenters. The molecule has 1 aromatic carbocycles. The van der Waals surface area contributed by atoms with Crippen molar-refractivity contribution in [1.82, 2.24) is 0 Å². The Labute approximate surface area is 271 Å². The largest absolute Gasteiger partial charge is 0.455 e. The fraction of sp³-hybridized carbons (Fsp3) is 0.657. The van der Waals surface area contributed by atoms with Crippen molar-refractivity contribution in [3.8, 4) is 0 Å². The number of ketones is 2. The molecule has 11 heteroatoms. The van der Waals surface area contributed by atoms with Gasteiger partial charge in [-0.1, -0.05) is 52.8 Å². The molecule has 1 heterocycles. The highest BCUT2D eigenvalue weighted by atomic mass is 28.4. The smallest absolute Gasteiger partial charge is 0.338 e. The zero-order valence-corrected chi connectivity index (χ0v) is 29.1. The van der Waals surface area contributed by atoms with Crippen LogP contribution in [0.3, 0.4) is 0 Å². The molecule has 2 saturated carbocycles. The summed E-state index contributed by atoms with van der Waals surface area (Å²) in [5.41, 5.74) is -6.85. The van der Waals surface area contributed by atoms with Crippen molar-refractivity contribution < 1.29 is 47.3 Å². The molecule has 1 saturated heterocycles. The van der Waals surface area contributed by atoms with Crippen LogP contribution in [0.5, 0.6) is 0 Å². The van der Waals surface area contributed by atoms with Crippen LogP contribution in [-0.2, 0) is 33.0 Å². The number of esters is 2. The maximum Gasteiger partial charge on any atom is 0.338 e. The highest BCUT2D eigenvalue weighted by Gasteiger charge is 2.79. The van der Waals surface area contributed by atoms with E-state index in [0.29, 0.717) is 0 Å². The standard InChI is InChI=1S/C35H47FO9Si/c1-9-46(10-2,11-3)45-25-18-26-34(19-42-26,44-21(5)37)28-30(43-31(40)22-15-13-12-14-16-22)35(41)29(36)27(39)20(4)23(32(35,6)7)17-24(38)33(25,28)8/h12-16,25-26,28-30,41H,9-11,17-19H2,1-8H3/t25-,26+,28-,29-,30-,33+,34-,35+/m0/s1. The van der Waals surface area contributed by atoms with Gasteiger partial charge in [-0.25, -0.2) is 9.18 Å². The van der Waals surface area contributed by atoms with E-state index in [1.165, 1.54) is 26.0 Å². The predicted molar refractivity (Wildman–Crippen MR) is 169 cm³/mol. The van der Waals surface area contributed by atoms with Crippen molar-refractivity contribution in [2.24, 2.45) is 16.7 Å². The van der Waals surface area contributed by atoms with E-state index in [9.17, 15) is 19.5 Å². The van der Waals surface area contributed by atoms with Crippen LogP contribution in [-0.4, -0.2) is 79.2 Å². The number of allylic oxidation sites excluding steroid dienone is 1. The molecule has 9 nitrogen and oxygen atoms in total. The minimum Gasteiger partial charge on any atom is -0.455 e. The Kier molecular flexibility index (Phi) is 8.84. The van der Waals surface area contributed by atoms with Crippen molar-refractivity contribution in [3.05, 3.63) is 47.0 Å². The molecule has 0 aromatic heterocycles. The summed E-state index contributed by atoms with van der Waals surface area (Å²) in [5.74, 6) is -4.17. The minimum absolute atomic E-state index is 0.0675. The molecule has 252 valence electrons. The van der Waals surface area contributed by atoms with E-state index in [1.807, 2.05) is 0 Å². The number of hydrogen-bond acceptors (Lipinski definition) is 9. The zero-order chi connectivity index (χ0) is 34.0. The second-order valence-corrected chi connectivity index (χ2v) is 19.0. The maximum absolute atomic E-state index is 16.9. The molecular formula is C35H47FO9Si. The highest BCUT2D eigenvalue weighted by molar-refractivity contribution is 6.73. The molecule has 0 radical (unpaired) electrons. The van der Waals surface area contributed by atoms with Crippen molar-refractivity contribution >= 4 is 31.8 Å². The van der Waals surface area contributed by atoms with E-state index in [0.717, 1.165) is 18.1 Å². The number of hydrogen-bond donors (Lipinski definition) is 1. The summed E-state index contributed by atoms with van der Waals surface area (Å²) in [5, 5.41) is 12.9. The van der Waals surface area contributed by atoms with Gasteiger partial charge in [0.25, 0.3) is 0 Å². The molecule has 0 unspecified atom stereocenters. The van der Waals surface area contributed by atoms with Gasteiger partial charge in [-0.2, -0.15) is 0 Å². The molecule has 1 N–H and O–H groups in total. The number of aliphatic hydroxyl groups is 1. The highest BCUT2D eigenvalue weighted by Crippen LogP contribution is 2.64. The Morgan fingerprint density at radius 3 is 2.20 bits per heavy atom. The number of Topliss-reactive ketones (excluding diaryl/α,β-unsaturated/α-hetero) is 2. The third-order valence-electron chi connectivity index (χ3n) is 12.1. The lowest BCUT2D eigenvalue weighted by Gasteiger charge is -2.67. The van der Waals surface area contributed by atoms with Gasteiger partial charge in [0.05, 0.1) is 29.6 Å². The molecule has 0 spiro atoms. The number of alkyl halides is 1. The van der Waals surface area contributed by atoms with E-state index in [4.69, 9.17) is 18.6 Å². The molecule has 4 aliphatic rings. The summed E-state index contributed by atoms with van der Waals surface area (Å²) in [4.78, 5) is 55.3. The summed E-state index contributed by atoms with van der Waals surface area (Å²) in [6, 6.07) is 10.4. The predicted octanol–water partition coefficient (Wildman–Crippen LogP) is 5.30. The van der Waals surface area contributed by atoms with Crippen molar-refractivity contribution in [2.45, 2.75) is 122 Å². The van der Waals surface area contributed by atoms with Crippen LogP contribution in [0.25, 0.3) is 0 Å². The number of carbonyl (C=O) groups excluding carboxylic acids is 4. The average molecular weight is 659 g/mol. The van der Waals surface area contributed by atoms with Crippen LogP contribution in [0.1, 0.15) is 78.6 Å². The summed E-state index contributed by atoms with van der Waals surface area (Å²) in [6.07, 6.45) is -5.97. The second kappa shape index (κ2) is 11.8.